The Balaban J connectivity index is 2.99. The van der Waals surface area contributed by atoms with E-state index in [1.807, 2.05) is 20.8 Å². The van der Waals surface area contributed by atoms with Gasteiger partial charge in [-0.1, -0.05) is 6.92 Å². The number of aliphatic carboxylic acids is 1. The largest absolute Gasteiger partial charge is 0.480 e. The van der Waals surface area contributed by atoms with Crippen molar-refractivity contribution in [3.05, 3.63) is 17.6 Å². The zero-order valence-corrected chi connectivity index (χ0v) is 10.1. The SMILES string of the molecule is CCC(C(=O)O)N(C)c1cnc(C)c(C)n1. The molecule has 16 heavy (non-hydrogen) atoms. The molecule has 1 rings (SSSR count). The molecule has 1 aromatic rings. The van der Waals surface area contributed by atoms with Crippen LogP contribution >= 0.6 is 0 Å². The average molecular weight is 223 g/mol. The van der Waals surface area contributed by atoms with Gasteiger partial charge in [-0.3, -0.25) is 4.98 Å². The van der Waals surface area contributed by atoms with E-state index in [1.54, 1.807) is 18.1 Å². The van der Waals surface area contributed by atoms with E-state index >= 15 is 0 Å². The van der Waals surface area contributed by atoms with Crippen molar-refractivity contribution < 1.29 is 9.90 Å². The van der Waals surface area contributed by atoms with Crippen molar-refractivity contribution in [3.8, 4) is 0 Å². The Bertz CT molecular complexity index is 393. The highest BCUT2D eigenvalue weighted by Crippen LogP contribution is 2.14. The molecule has 1 aromatic heterocycles. The lowest BCUT2D eigenvalue weighted by Gasteiger charge is -2.24. The third kappa shape index (κ3) is 2.48. The van der Waals surface area contributed by atoms with Crippen molar-refractivity contribution >= 4 is 11.8 Å². The van der Waals surface area contributed by atoms with Crippen LogP contribution in [0.1, 0.15) is 24.7 Å². The molecule has 1 atom stereocenters. The van der Waals surface area contributed by atoms with Gasteiger partial charge in [-0.05, 0) is 20.3 Å². The lowest BCUT2D eigenvalue weighted by molar-refractivity contribution is -0.138. The van der Waals surface area contributed by atoms with E-state index in [2.05, 4.69) is 9.97 Å². The maximum absolute atomic E-state index is 11.0. The fourth-order valence-electron chi connectivity index (χ4n) is 1.47. The molecule has 0 spiro atoms. The van der Waals surface area contributed by atoms with E-state index in [0.29, 0.717) is 12.2 Å². The summed E-state index contributed by atoms with van der Waals surface area (Å²) in [4.78, 5) is 21.2. The van der Waals surface area contributed by atoms with E-state index < -0.39 is 12.0 Å². The average Bonchev–Trinajstić information content (AvgIpc) is 2.22. The minimum Gasteiger partial charge on any atom is -0.480 e. The molecule has 0 fully saturated rings. The number of aromatic nitrogens is 2. The van der Waals surface area contributed by atoms with Gasteiger partial charge in [0.15, 0.2) is 0 Å². The predicted molar refractivity (Wildman–Crippen MR) is 61.6 cm³/mol. The number of carboxylic acid groups (broad SMARTS) is 1. The molecular weight excluding hydrogens is 206 g/mol. The van der Waals surface area contributed by atoms with Gasteiger partial charge in [0.25, 0.3) is 0 Å². The highest BCUT2D eigenvalue weighted by atomic mass is 16.4. The van der Waals surface area contributed by atoms with E-state index in [0.717, 1.165) is 11.4 Å². The molecule has 0 aliphatic heterocycles. The summed E-state index contributed by atoms with van der Waals surface area (Å²) >= 11 is 0. The van der Waals surface area contributed by atoms with Crippen LogP contribution in [0.5, 0.6) is 0 Å². The van der Waals surface area contributed by atoms with Gasteiger partial charge in [-0.25, -0.2) is 9.78 Å². The molecular formula is C11H17N3O2. The summed E-state index contributed by atoms with van der Waals surface area (Å²) in [5.74, 6) is -0.248. The van der Waals surface area contributed by atoms with Gasteiger partial charge in [0, 0.05) is 7.05 Å². The maximum atomic E-state index is 11.0. The van der Waals surface area contributed by atoms with Crippen LogP contribution in [-0.2, 0) is 4.79 Å². The first-order chi connectivity index (χ1) is 7.47. The van der Waals surface area contributed by atoms with Gasteiger partial charge in [-0.15, -0.1) is 0 Å². The Morgan fingerprint density at radius 2 is 2.12 bits per heavy atom. The zero-order chi connectivity index (χ0) is 12.3. The Morgan fingerprint density at radius 3 is 2.56 bits per heavy atom. The number of carbonyl (C=O) groups is 1. The first kappa shape index (κ1) is 12.4. The van der Waals surface area contributed by atoms with Gasteiger partial charge in [0.05, 0.1) is 17.6 Å². The fourth-order valence-corrected chi connectivity index (χ4v) is 1.47. The van der Waals surface area contributed by atoms with Gasteiger partial charge < -0.3 is 10.0 Å². The smallest absolute Gasteiger partial charge is 0.326 e. The minimum absolute atomic E-state index is 0.528. The molecule has 0 saturated carbocycles. The number of carboxylic acids is 1. The molecule has 0 aromatic carbocycles. The molecule has 0 radical (unpaired) electrons. The summed E-state index contributed by atoms with van der Waals surface area (Å²) in [6.45, 7) is 5.58. The minimum atomic E-state index is -0.843. The van der Waals surface area contributed by atoms with Gasteiger partial charge in [0.1, 0.15) is 11.9 Å². The number of likely N-dealkylation sites (N-methyl/N-ethyl adjacent to an activating group) is 1. The number of nitrogens with zero attached hydrogens (tertiary/aromatic N) is 3. The van der Waals surface area contributed by atoms with Crippen molar-refractivity contribution in [2.45, 2.75) is 33.2 Å². The molecule has 0 amide bonds. The lowest BCUT2D eigenvalue weighted by atomic mass is 10.2. The second-order valence-electron chi connectivity index (χ2n) is 3.77. The van der Waals surface area contributed by atoms with Crippen molar-refractivity contribution in [2.24, 2.45) is 0 Å². The van der Waals surface area contributed by atoms with Gasteiger partial charge in [0.2, 0.25) is 0 Å². The summed E-state index contributed by atoms with van der Waals surface area (Å²) in [6, 6.07) is -0.559. The van der Waals surface area contributed by atoms with Crippen molar-refractivity contribution in [2.75, 3.05) is 11.9 Å². The summed E-state index contributed by atoms with van der Waals surface area (Å²) in [7, 11) is 1.72. The molecule has 0 saturated heterocycles. The molecule has 0 aliphatic carbocycles. The highest BCUT2D eigenvalue weighted by Gasteiger charge is 2.21. The predicted octanol–water partition coefficient (Wildman–Crippen LogP) is 1.39. The fraction of sp³-hybridized carbons (Fsp3) is 0.545. The molecule has 0 bridgehead atoms. The Morgan fingerprint density at radius 1 is 1.50 bits per heavy atom. The monoisotopic (exact) mass is 223 g/mol. The molecule has 88 valence electrons. The Kier molecular flexibility index (Phi) is 3.82. The van der Waals surface area contributed by atoms with Crippen LogP contribution in [0, 0.1) is 13.8 Å². The van der Waals surface area contributed by atoms with Crippen LogP contribution in [0.2, 0.25) is 0 Å². The van der Waals surface area contributed by atoms with Crippen molar-refractivity contribution in [1.29, 1.82) is 0 Å². The standard InChI is InChI=1S/C11H17N3O2/c1-5-9(11(15)16)14(4)10-6-12-7(2)8(3)13-10/h6,9H,5H2,1-4H3,(H,15,16). The van der Waals surface area contributed by atoms with Crippen LogP contribution in [0.3, 0.4) is 0 Å². The van der Waals surface area contributed by atoms with Crippen molar-refractivity contribution in [1.82, 2.24) is 9.97 Å². The van der Waals surface area contributed by atoms with E-state index in [1.165, 1.54) is 0 Å². The van der Waals surface area contributed by atoms with E-state index in [-0.39, 0.29) is 0 Å². The molecule has 5 heteroatoms. The molecule has 0 aliphatic rings. The van der Waals surface area contributed by atoms with Gasteiger partial charge >= 0.3 is 5.97 Å². The molecule has 1 unspecified atom stereocenters. The third-order valence-electron chi connectivity index (χ3n) is 2.68. The second-order valence-corrected chi connectivity index (χ2v) is 3.77. The zero-order valence-electron chi connectivity index (χ0n) is 10.1. The van der Waals surface area contributed by atoms with Crippen LogP contribution in [-0.4, -0.2) is 34.1 Å². The molecule has 1 heterocycles. The lowest BCUT2D eigenvalue weighted by Crippen LogP contribution is -2.38. The third-order valence-corrected chi connectivity index (χ3v) is 2.68. The topological polar surface area (TPSA) is 66.3 Å². The summed E-state index contributed by atoms with van der Waals surface area (Å²) in [6.07, 6.45) is 2.13. The number of hydrogen-bond donors (Lipinski definition) is 1. The second kappa shape index (κ2) is 4.92. The number of rotatable bonds is 4. The summed E-state index contributed by atoms with van der Waals surface area (Å²) in [5, 5.41) is 9.04. The van der Waals surface area contributed by atoms with E-state index in [9.17, 15) is 4.79 Å². The Labute approximate surface area is 95.1 Å². The van der Waals surface area contributed by atoms with Crippen LogP contribution in [0.25, 0.3) is 0 Å². The first-order valence-electron chi connectivity index (χ1n) is 5.23. The quantitative estimate of drug-likeness (QED) is 0.835. The van der Waals surface area contributed by atoms with Crippen LogP contribution in [0.4, 0.5) is 5.82 Å². The first-order valence-corrected chi connectivity index (χ1v) is 5.23. The molecule has 5 nitrogen and oxygen atoms in total. The molecule has 1 N–H and O–H groups in total. The summed E-state index contributed by atoms with van der Waals surface area (Å²) in [5.41, 5.74) is 1.69. The van der Waals surface area contributed by atoms with Crippen LogP contribution in [0.15, 0.2) is 6.20 Å². The normalized spacial score (nSPS) is 12.2. The van der Waals surface area contributed by atoms with Gasteiger partial charge in [-0.2, -0.15) is 0 Å². The van der Waals surface area contributed by atoms with E-state index in [4.69, 9.17) is 5.11 Å². The summed E-state index contributed by atoms with van der Waals surface area (Å²) < 4.78 is 0. The maximum Gasteiger partial charge on any atom is 0.326 e. The number of hydrogen-bond acceptors (Lipinski definition) is 4. The highest BCUT2D eigenvalue weighted by molar-refractivity contribution is 5.77. The number of anilines is 1. The Hall–Kier alpha value is -1.65. The number of aryl methyl sites for hydroxylation is 2. The van der Waals surface area contributed by atoms with Crippen LogP contribution < -0.4 is 4.90 Å². The van der Waals surface area contributed by atoms with Crippen molar-refractivity contribution in [3.63, 3.8) is 0 Å².